The molecule has 0 fully saturated rings. The molecule has 0 aliphatic heterocycles. The molecule has 3 heteroatoms. The van der Waals surface area contributed by atoms with Crippen LogP contribution in [0.4, 0.5) is 5.82 Å². The molecule has 3 aromatic carbocycles. The number of hydrogen-bond acceptors (Lipinski definition) is 2. The van der Waals surface area contributed by atoms with Crippen LogP contribution >= 0.6 is 0 Å². The highest BCUT2D eigenvalue weighted by atomic mass is 15.1. The minimum Gasteiger partial charge on any atom is -0.382 e. The van der Waals surface area contributed by atoms with Crippen molar-refractivity contribution in [3.8, 4) is 11.1 Å². The van der Waals surface area contributed by atoms with Crippen molar-refractivity contribution in [1.29, 1.82) is 0 Å². The van der Waals surface area contributed by atoms with Gasteiger partial charge in [-0.25, -0.2) is 0 Å². The fourth-order valence-corrected chi connectivity index (χ4v) is 2.25. The van der Waals surface area contributed by atoms with E-state index >= 15 is 0 Å². The Bertz CT molecular complexity index is 799. The van der Waals surface area contributed by atoms with Crippen molar-refractivity contribution in [3.05, 3.63) is 84.9 Å². The Hall–Kier alpha value is -3.07. The molecule has 0 radical (unpaired) electrons. The molecule has 0 saturated carbocycles. The molecule has 0 spiro atoms. The van der Waals surface area contributed by atoms with Crippen LogP contribution < -0.4 is 5.73 Å². The fourth-order valence-electron chi connectivity index (χ4n) is 2.25. The molecule has 3 nitrogen and oxygen atoms in total. The standard InChI is InChI=1S/C12H10.C7H7N3/c1-3-7-11(8-4-1)12-9-5-2-6-10-12;8-7-5-3-1-2-4-6(5)9-10-7/h1-10H;1-4H,(H3,8,9,10). The molecule has 4 aromatic rings. The summed E-state index contributed by atoms with van der Waals surface area (Å²) in [7, 11) is 0. The summed E-state index contributed by atoms with van der Waals surface area (Å²) in [5.41, 5.74) is 9.07. The van der Waals surface area contributed by atoms with Crippen molar-refractivity contribution in [2.75, 3.05) is 5.73 Å². The number of rotatable bonds is 1. The molecular weight excluding hydrogens is 270 g/mol. The molecule has 0 atom stereocenters. The summed E-state index contributed by atoms with van der Waals surface area (Å²) in [6.45, 7) is 0. The Morgan fingerprint density at radius 2 is 1.14 bits per heavy atom. The van der Waals surface area contributed by atoms with E-state index in [4.69, 9.17) is 5.73 Å². The van der Waals surface area contributed by atoms with E-state index in [1.165, 1.54) is 11.1 Å². The maximum atomic E-state index is 5.53. The molecule has 0 aliphatic carbocycles. The Balaban J connectivity index is 0.000000133. The second-order valence-electron chi connectivity index (χ2n) is 4.89. The van der Waals surface area contributed by atoms with Gasteiger partial charge in [0.15, 0.2) is 5.82 Å². The van der Waals surface area contributed by atoms with Crippen molar-refractivity contribution in [1.82, 2.24) is 10.2 Å². The predicted octanol–water partition coefficient (Wildman–Crippen LogP) is 4.50. The fraction of sp³-hybridized carbons (Fsp3) is 0. The first-order chi connectivity index (χ1) is 10.8. The first-order valence-corrected chi connectivity index (χ1v) is 7.13. The molecule has 1 heterocycles. The van der Waals surface area contributed by atoms with Crippen LogP contribution in [0.15, 0.2) is 84.9 Å². The topological polar surface area (TPSA) is 54.7 Å². The average Bonchev–Trinajstić information content (AvgIpc) is 2.99. The van der Waals surface area contributed by atoms with E-state index in [2.05, 4.69) is 58.7 Å². The summed E-state index contributed by atoms with van der Waals surface area (Å²) in [6.07, 6.45) is 0. The number of aromatic amines is 1. The van der Waals surface area contributed by atoms with E-state index in [-0.39, 0.29) is 0 Å². The normalized spacial score (nSPS) is 10.0. The van der Waals surface area contributed by atoms with Crippen molar-refractivity contribution < 1.29 is 0 Å². The van der Waals surface area contributed by atoms with Crippen LogP contribution in [0.1, 0.15) is 0 Å². The van der Waals surface area contributed by atoms with Gasteiger partial charge in [0.25, 0.3) is 0 Å². The zero-order chi connectivity index (χ0) is 15.2. The third kappa shape index (κ3) is 3.15. The van der Waals surface area contributed by atoms with E-state index in [9.17, 15) is 0 Å². The predicted molar refractivity (Wildman–Crippen MR) is 92.4 cm³/mol. The van der Waals surface area contributed by atoms with Crippen molar-refractivity contribution in [2.24, 2.45) is 0 Å². The van der Waals surface area contributed by atoms with Gasteiger partial charge in [-0.15, -0.1) is 0 Å². The monoisotopic (exact) mass is 287 g/mol. The number of fused-ring (bicyclic) bond motifs is 1. The van der Waals surface area contributed by atoms with E-state index in [0.29, 0.717) is 5.82 Å². The van der Waals surface area contributed by atoms with Crippen molar-refractivity contribution in [3.63, 3.8) is 0 Å². The van der Waals surface area contributed by atoms with Gasteiger partial charge in [-0.1, -0.05) is 72.8 Å². The maximum absolute atomic E-state index is 5.53. The number of H-pyrrole nitrogens is 1. The highest BCUT2D eigenvalue weighted by Crippen LogP contribution is 2.17. The van der Waals surface area contributed by atoms with E-state index in [1.54, 1.807) is 0 Å². The zero-order valence-corrected chi connectivity index (χ0v) is 12.1. The van der Waals surface area contributed by atoms with E-state index < -0.39 is 0 Å². The lowest BCUT2D eigenvalue weighted by Gasteiger charge is -1.98. The highest BCUT2D eigenvalue weighted by Gasteiger charge is 1.97. The number of aromatic nitrogens is 2. The molecule has 0 saturated heterocycles. The third-order valence-corrected chi connectivity index (χ3v) is 3.38. The van der Waals surface area contributed by atoms with Crippen LogP contribution in [0.2, 0.25) is 0 Å². The summed E-state index contributed by atoms with van der Waals surface area (Å²) in [5.74, 6) is 0.565. The third-order valence-electron chi connectivity index (χ3n) is 3.38. The lowest BCUT2D eigenvalue weighted by molar-refractivity contribution is 1.13. The lowest BCUT2D eigenvalue weighted by atomic mass is 10.1. The largest absolute Gasteiger partial charge is 0.382 e. The number of nitrogen functional groups attached to an aromatic ring is 1. The molecule has 0 unspecified atom stereocenters. The molecule has 0 amide bonds. The Labute approximate surface area is 129 Å². The molecule has 4 rings (SSSR count). The van der Waals surface area contributed by atoms with Crippen LogP contribution in [0.3, 0.4) is 0 Å². The van der Waals surface area contributed by atoms with Gasteiger partial charge >= 0.3 is 0 Å². The summed E-state index contributed by atoms with van der Waals surface area (Å²) >= 11 is 0. The highest BCUT2D eigenvalue weighted by molar-refractivity contribution is 5.88. The average molecular weight is 287 g/mol. The van der Waals surface area contributed by atoms with Crippen LogP contribution in [0.5, 0.6) is 0 Å². The number of para-hydroxylation sites is 1. The first-order valence-electron chi connectivity index (χ1n) is 7.13. The summed E-state index contributed by atoms with van der Waals surface area (Å²) < 4.78 is 0. The first kappa shape index (κ1) is 13.9. The van der Waals surface area contributed by atoms with Gasteiger partial charge < -0.3 is 5.73 Å². The van der Waals surface area contributed by atoms with Crippen LogP contribution in [0.25, 0.3) is 22.0 Å². The lowest BCUT2D eigenvalue weighted by Crippen LogP contribution is -1.82. The number of benzene rings is 3. The zero-order valence-electron chi connectivity index (χ0n) is 12.1. The van der Waals surface area contributed by atoms with E-state index in [0.717, 1.165) is 10.9 Å². The number of anilines is 1. The van der Waals surface area contributed by atoms with Gasteiger partial charge in [0.05, 0.1) is 5.52 Å². The SMILES string of the molecule is Nc1n[nH]c2ccccc12.c1ccc(-c2ccccc2)cc1. The van der Waals surface area contributed by atoms with Crippen LogP contribution in [-0.2, 0) is 0 Å². The van der Waals surface area contributed by atoms with Gasteiger partial charge in [0.1, 0.15) is 0 Å². The quantitative estimate of drug-likeness (QED) is 0.541. The minimum absolute atomic E-state index is 0.565. The second kappa shape index (κ2) is 6.59. The van der Waals surface area contributed by atoms with Gasteiger partial charge in [-0.3, -0.25) is 5.10 Å². The van der Waals surface area contributed by atoms with Gasteiger partial charge in [0, 0.05) is 5.39 Å². The molecule has 1 aromatic heterocycles. The Morgan fingerprint density at radius 1 is 0.636 bits per heavy atom. The molecule has 3 N–H and O–H groups in total. The van der Waals surface area contributed by atoms with Crippen molar-refractivity contribution >= 4 is 16.7 Å². The molecule has 108 valence electrons. The van der Waals surface area contributed by atoms with Crippen LogP contribution in [0, 0.1) is 0 Å². The number of nitrogens with one attached hydrogen (secondary N) is 1. The van der Waals surface area contributed by atoms with Gasteiger partial charge in [-0.05, 0) is 23.3 Å². The smallest absolute Gasteiger partial charge is 0.153 e. The summed E-state index contributed by atoms with van der Waals surface area (Å²) in [5, 5.41) is 7.65. The number of hydrogen-bond donors (Lipinski definition) is 2. The van der Waals surface area contributed by atoms with Gasteiger partial charge in [0.2, 0.25) is 0 Å². The number of nitrogens with zero attached hydrogens (tertiary/aromatic N) is 1. The summed E-state index contributed by atoms with van der Waals surface area (Å²) in [4.78, 5) is 0. The molecule has 0 bridgehead atoms. The maximum Gasteiger partial charge on any atom is 0.153 e. The van der Waals surface area contributed by atoms with Gasteiger partial charge in [-0.2, -0.15) is 5.10 Å². The van der Waals surface area contributed by atoms with E-state index in [1.807, 2.05) is 36.4 Å². The van der Waals surface area contributed by atoms with Crippen molar-refractivity contribution in [2.45, 2.75) is 0 Å². The molecular formula is C19H17N3. The Kier molecular flexibility index (Phi) is 4.16. The second-order valence-corrected chi connectivity index (χ2v) is 4.89. The number of nitrogens with two attached hydrogens (primary N) is 1. The molecule has 22 heavy (non-hydrogen) atoms. The molecule has 0 aliphatic rings. The Morgan fingerprint density at radius 3 is 1.68 bits per heavy atom. The minimum atomic E-state index is 0.565. The van der Waals surface area contributed by atoms with Crippen LogP contribution in [-0.4, -0.2) is 10.2 Å². The summed E-state index contributed by atoms with van der Waals surface area (Å²) in [6, 6.07) is 28.5.